The Bertz CT molecular complexity index is 2270. The van der Waals surface area contributed by atoms with E-state index in [2.05, 4.69) is 96.4 Å². The van der Waals surface area contributed by atoms with Crippen LogP contribution in [-0.4, -0.2) is 45.2 Å². The normalized spacial score (nSPS) is 21.5. The molecule has 7 heteroatoms. The van der Waals surface area contributed by atoms with Crippen LogP contribution in [0.5, 0.6) is 0 Å². The first-order valence-electron chi connectivity index (χ1n) is 21.5. The number of aryl methyl sites for hydroxylation is 2. The lowest BCUT2D eigenvalue weighted by atomic mass is 9.78. The molecule has 0 aromatic heterocycles. The quantitative estimate of drug-likeness (QED) is 0.135. The van der Waals surface area contributed by atoms with Crippen molar-refractivity contribution in [2.75, 3.05) is 13.1 Å². The molecule has 3 aliphatic rings. The molecule has 0 aliphatic carbocycles. The lowest BCUT2D eigenvalue weighted by Gasteiger charge is -2.48. The Kier molecular flexibility index (Phi) is 13.0. The molecule has 4 N–H and O–H groups in total. The number of aliphatic hydroxyl groups is 2. The Hall–Kier alpha value is -4.30. The predicted octanol–water partition coefficient (Wildman–Crippen LogP) is 11.4. The van der Waals surface area contributed by atoms with Gasteiger partial charge in [-0.25, -0.2) is 0 Å². The lowest BCUT2D eigenvalue weighted by molar-refractivity contribution is -0.0658. The van der Waals surface area contributed by atoms with Gasteiger partial charge in [-0.05, 0) is 115 Å². The van der Waals surface area contributed by atoms with E-state index in [0.29, 0.717) is 31.5 Å². The molecule has 9 rings (SSSR count). The van der Waals surface area contributed by atoms with Crippen LogP contribution in [0.2, 0.25) is 10.0 Å². The number of piperidine rings is 2. The molecule has 3 fully saturated rings. The minimum absolute atomic E-state index is 0.0679. The molecule has 6 aromatic carbocycles. The van der Waals surface area contributed by atoms with Crippen LogP contribution < -0.4 is 5.73 Å². The van der Waals surface area contributed by atoms with E-state index in [1.165, 1.54) is 22.3 Å². The van der Waals surface area contributed by atoms with Crippen molar-refractivity contribution in [3.8, 4) is 0 Å². The number of benzene rings is 6. The highest BCUT2D eigenvalue weighted by atomic mass is 35.5. The zero-order valence-corrected chi connectivity index (χ0v) is 36.2. The average Bonchev–Trinajstić information content (AvgIpc) is 3.54. The molecule has 60 heavy (non-hydrogen) atoms. The second kappa shape index (κ2) is 18.4. The Morgan fingerprint density at radius 1 is 0.567 bits per heavy atom. The van der Waals surface area contributed by atoms with Gasteiger partial charge in [-0.2, -0.15) is 0 Å². The first-order chi connectivity index (χ1) is 29.1. The summed E-state index contributed by atoms with van der Waals surface area (Å²) < 4.78 is 0. The van der Waals surface area contributed by atoms with Gasteiger partial charge < -0.3 is 15.9 Å². The van der Waals surface area contributed by atoms with Crippen LogP contribution in [0, 0.1) is 13.8 Å². The molecule has 2 bridgehead atoms. The Labute approximate surface area is 366 Å². The zero-order chi connectivity index (χ0) is 41.9. The number of nitrogens with zero attached hydrogens (tertiary/aromatic N) is 2. The molecule has 0 radical (unpaired) electrons. The summed E-state index contributed by atoms with van der Waals surface area (Å²) in [6, 6.07) is 52.7. The van der Waals surface area contributed by atoms with E-state index in [0.717, 1.165) is 76.6 Å². The minimum Gasteiger partial charge on any atom is -0.385 e. The van der Waals surface area contributed by atoms with Gasteiger partial charge in [0.1, 0.15) is 0 Å². The number of fused-ring (bicyclic) bond motifs is 2. The van der Waals surface area contributed by atoms with Gasteiger partial charge >= 0.3 is 0 Å². The lowest BCUT2D eigenvalue weighted by Crippen LogP contribution is -2.51. The molecular weight excluding hydrogens is 782 g/mol. The van der Waals surface area contributed by atoms with Gasteiger partial charge in [0.05, 0.1) is 23.3 Å². The van der Waals surface area contributed by atoms with Crippen molar-refractivity contribution in [2.24, 2.45) is 5.73 Å². The van der Waals surface area contributed by atoms with Gasteiger partial charge in [-0.1, -0.05) is 163 Å². The molecule has 5 nitrogen and oxygen atoms in total. The van der Waals surface area contributed by atoms with Gasteiger partial charge in [-0.15, -0.1) is 0 Å². The van der Waals surface area contributed by atoms with Crippen LogP contribution >= 0.6 is 23.2 Å². The predicted molar refractivity (Wildman–Crippen MR) is 246 cm³/mol. The summed E-state index contributed by atoms with van der Waals surface area (Å²) in [6.07, 6.45) is 5.18. The average molecular weight is 839 g/mol. The summed E-state index contributed by atoms with van der Waals surface area (Å²) in [5, 5.41) is 24.6. The van der Waals surface area contributed by atoms with Crippen molar-refractivity contribution in [3.05, 3.63) is 212 Å². The van der Waals surface area contributed by atoms with Crippen molar-refractivity contribution < 1.29 is 10.2 Å². The van der Waals surface area contributed by atoms with Gasteiger partial charge in [0.15, 0.2) is 0 Å². The van der Waals surface area contributed by atoms with Crippen molar-refractivity contribution >= 4 is 23.2 Å². The number of rotatable bonds is 9. The molecule has 310 valence electrons. The van der Waals surface area contributed by atoms with Crippen molar-refractivity contribution in [2.45, 2.75) is 94.3 Å². The maximum absolute atomic E-state index is 11.6. The maximum Gasteiger partial charge on any atom is 0.0926 e. The monoisotopic (exact) mass is 837 g/mol. The first kappa shape index (κ1) is 42.4. The number of hydrogen-bond acceptors (Lipinski definition) is 5. The summed E-state index contributed by atoms with van der Waals surface area (Å²) in [7, 11) is 0. The highest BCUT2D eigenvalue weighted by Gasteiger charge is 2.51. The number of nitrogens with two attached hydrogens (primary N) is 1. The Morgan fingerprint density at radius 3 is 1.52 bits per heavy atom. The zero-order valence-electron chi connectivity index (χ0n) is 34.7. The highest BCUT2D eigenvalue weighted by Crippen LogP contribution is 2.51. The van der Waals surface area contributed by atoms with Crippen LogP contribution in [0.1, 0.15) is 101 Å². The summed E-state index contributed by atoms with van der Waals surface area (Å²) in [5.41, 5.74) is 14.9. The van der Waals surface area contributed by atoms with E-state index in [-0.39, 0.29) is 12.1 Å². The van der Waals surface area contributed by atoms with Gasteiger partial charge in [0.2, 0.25) is 0 Å². The molecule has 2 unspecified atom stereocenters. The third-order valence-corrected chi connectivity index (χ3v) is 14.2. The number of likely N-dealkylation sites (tertiary alicyclic amines) is 1. The summed E-state index contributed by atoms with van der Waals surface area (Å²) in [4.78, 5) is 5.10. The minimum atomic E-state index is -0.877. The number of hydrogen-bond donors (Lipinski definition) is 3. The third-order valence-electron chi connectivity index (χ3n) is 13.5. The Morgan fingerprint density at radius 2 is 1.02 bits per heavy atom. The first-order valence-corrected chi connectivity index (χ1v) is 22.3. The van der Waals surface area contributed by atoms with Crippen molar-refractivity contribution in [1.82, 2.24) is 9.80 Å². The standard InChI is InChI=1S/C28H31NO.C25H26Cl2N2O/c1-20-10-6-8-14-25(20)27(26-15-9-7-11-21(26)2)29-23-16-17-24(29)19-28(30,18-23)22-12-4-3-5-13-22;26-22-11-5-2-8-19(22)24(20-9-3-6-12-23(20)27)29-15-13-25(30,14-16-29)21-10-4-1-7-18(21)17-28/h3-15,23-24,27,30H,16-19H2,1-2H3;1-12,24,30H,13-17,28H2. The van der Waals surface area contributed by atoms with E-state index in [1.807, 2.05) is 78.9 Å². The molecular formula is C53H57Cl2N3O2. The summed E-state index contributed by atoms with van der Waals surface area (Å²) in [6.45, 7) is 6.32. The van der Waals surface area contributed by atoms with Crippen LogP contribution in [0.15, 0.2) is 152 Å². The van der Waals surface area contributed by atoms with E-state index in [4.69, 9.17) is 28.9 Å². The summed E-state index contributed by atoms with van der Waals surface area (Å²) in [5.74, 6) is 0. The smallest absolute Gasteiger partial charge is 0.0926 e. The van der Waals surface area contributed by atoms with Crippen LogP contribution in [0.4, 0.5) is 0 Å². The van der Waals surface area contributed by atoms with E-state index >= 15 is 0 Å². The molecule has 3 saturated heterocycles. The molecule has 3 aliphatic heterocycles. The fourth-order valence-corrected chi connectivity index (χ4v) is 10.9. The highest BCUT2D eigenvalue weighted by molar-refractivity contribution is 6.32. The van der Waals surface area contributed by atoms with Crippen molar-refractivity contribution in [3.63, 3.8) is 0 Å². The largest absolute Gasteiger partial charge is 0.385 e. The third kappa shape index (κ3) is 8.60. The fourth-order valence-electron chi connectivity index (χ4n) is 10.5. The molecule has 0 amide bonds. The van der Waals surface area contributed by atoms with Gasteiger partial charge in [0.25, 0.3) is 0 Å². The second-order valence-corrected chi connectivity index (χ2v) is 17.9. The van der Waals surface area contributed by atoms with Crippen LogP contribution in [-0.2, 0) is 17.7 Å². The van der Waals surface area contributed by atoms with Crippen LogP contribution in [0.25, 0.3) is 0 Å². The SMILES string of the molecule is Cc1ccccc1C(c1ccccc1C)N1C2CCC1CC(O)(c1ccccc1)C2.NCc1ccccc1C1(O)CCN(C(c2ccccc2Cl)c2ccccc2Cl)CC1. The topological polar surface area (TPSA) is 73.0 Å². The van der Waals surface area contributed by atoms with Crippen LogP contribution in [0.3, 0.4) is 0 Å². The van der Waals surface area contributed by atoms with Crippen molar-refractivity contribution in [1.29, 1.82) is 0 Å². The molecule has 3 heterocycles. The summed E-state index contributed by atoms with van der Waals surface area (Å²) >= 11 is 13.2. The Balaban J connectivity index is 0.000000166. The maximum atomic E-state index is 11.6. The van der Waals surface area contributed by atoms with E-state index < -0.39 is 11.2 Å². The molecule has 0 spiro atoms. The fraction of sp³-hybridized carbons (Fsp3) is 0.321. The van der Waals surface area contributed by atoms with Gasteiger partial charge in [-0.3, -0.25) is 9.80 Å². The molecule has 0 saturated carbocycles. The van der Waals surface area contributed by atoms with Gasteiger partial charge in [0, 0.05) is 41.8 Å². The molecule has 2 atom stereocenters. The van der Waals surface area contributed by atoms with E-state index in [9.17, 15) is 10.2 Å². The number of halogens is 2. The second-order valence-electron chi connectivity index (χ2n) is 17.1. The molecule has 6 aromatic rings. The van der Waals surface area contributed by atoms with E-state index in [1.54, 1.807) is 0 Å².